The number of hydrogen-bond donors (Lipinski definition) is 0. The van der Waals surface area contributed by atoms with Gasteiger partial charge in [-0.2, -0.15) is 0 Å². The molecule has 0 saturated carbocycles. The van der Waals surface area contributed by atoms with Crippen molar-refractivity contribution >= 4 is 15.9 Å². The minimum absolute atomic E-state index is 0.240. The average Bonchev–Trinajstić information content (AvgIpc) is 2.77. The first kappa shape index (κ1) is 12.7. The molecule has 0 amide bonds. The SMILES string of the molecule is CCOC(OCC)c1c(Br)ccc2c1OCO2. The Hall–Kier alpha value is -0.780. The maximum absolute atomic E-state index is 5.59. The van der Waals surface area contributed by atoms with Gasteiger partial charge in [-0.15, -0.1) is 0 Å². The van der Waals surface area contributed by atoms with E-state index in [1.54, 1.807) is 0 Å². The van der Waals surface area contributed by atoms with Crippen LogP contribution in [-0.4, -0.2) is 20.0 Å². The van der Waals surface area contributed by atoms with Crippen molar-refractivity contribution in [3.63, 3.8) is 0 Å². The summed E-state index contributed by atoms with van der Waals surface area (Å²) in [6, 6.07) is 3.78. The molecule has 94 valence electrons. The molecule has 2 rings (SSSR count). The van der Waals surface area contributed by atoms with Crippen LogP contribution in [0.15, 0.2) is 16.6 Å². The van der Waals surface area contributed by atoms with Gasteiger partial charge in [0, 0.05) is 17.7 Å². The van der Waals surface area contributed by atoms with Crippen LogP contribution >= 0.6 is 15.9 Å². The first-order valence-corrected chi connectivity index (χ1v) is 6.38. The Morgan fingerprint density at radius 1 is 1.24 bits per heavy atom. The predicted octanol–water partition coefficient (Wildman–Crippen LogP) is 3.25. The summed E-state index contributed by atoms with van der Waals surface area (Å²) in [6.45, 7) is 5.24. The molecular weight excluding hydrogens is 288 g/mol. The summed E-state index contributed by atoms with van der Waals surface area (Å²) >= 11 is 3.49. The number of fused-ring (bicyclic) bond motifs is 1. The first-order valence-electron chi connectivity index (χ1n) is 5.59. The summed E-state index contributed by atoms with van der Waals surface area (Å²) < 4.78 is 22.9. The zero-order chi connectivity index (χ0) is 12.3. The van der Waals surface area contributed by atoms with Crippen LogP contribution in [0.1, 0.15) is 25.7 Å². The molecule has 5 heteroatoms. The molecule has 0 saturated heterocycles. The van der Waals surface area contributed by atoms with Crippen LogP contribution in [0.2, 0.25) is 0 Å². The number of hydrogen-bond acceptors (Lipinski definition) is 4. The van der Waals surface area contributed by atoms with E-state index in [4.69, 9.17) is 18.9 Å². The lowest BCUT2D eigenvalue weighted by Crippen LogP contribution is -2.10. The first-order chi connectivity index (χ1) is 8.27. The topological polar surface area (TPSA) is 36.9 Å². The van der Waals surface area contributed by atoms with Gasteiger partial charge >= 0.3 is 0 Å². The number of ether oxygens (including phenoxy) is 4. The van der Waals surface area contributed by atoms with E-state index < -0.39 is 6.29 Å². The van der Waals surface area contributed by atoms with Crippen LogP contribution in [0.5, 0.6) is 11.5 Å². The molecule has 0 aromatic heterocycles. The van der Waals surface area contributed by atoms with Gasteiger partial charge in [0.1, 0.15) is 0 Å². The molecule has 1 aliphatic rings. The second-order valence-electron chi connectivity index (χ2n) is 3.44. The smallest absolute Gasteiger partial charge is 0.231 e. The average molecular weight is 303 g/mol. The van der Waals surface area contributed by atoms with E-state index in [1.807, 2.05) is 26.0 Å². The van der Waals surface area contributed by atoms with Gasteiger partial charge in [-0.1, -0.05) is 15.9 Å². The third-order valence-corrected chi connectivity index (χ3v) is 3.09. The van der Waals surface area contributed by atoms with E-state index in [0.29, 0.717) is 19.0 Å². The van der Waals surface area contributed by atoms with Crippen molar-refractivity contribution in [2.24, 2.45) is 0 Å². The fourth-order valence-corrected chi connectivity index (χ4v) is 2.21. The standard InChI is InChI=1S/C12H15BrO4/c1-3-14-12(15-4-2)10-8(13)5-6-9-11(10)17-7-16-9/h5-6,12H,3-4,7H2,1-2H3. The Bertz CT molecular complexity index is 388. The van der Waals surface area contributed by atoms with Crippen LogP contribution in [0.25, 0.3) is 0 Å². The van der Waals surface area contributed by atoms with Gasteiger partial charge in [-0.3, -0.25) is 0 Å². The van der Waals surface area contributed by atoms with Crippen LogP contribution < -0.4 is 9.47 Å². The maximum Gasteiger partial charge on any atom is 0.231 e. The number of halogens is 1. The van der Waals surface area contributed by atoms with Gasteiger partial charge in [0.15, 0.2) is 17.8 Å². The zero-order valence-corrected chi connectivity index (χ0v) is 11.5. The minimum Gasteiger partial charge on any atom is -0.454 e. The molecule has 0 radical (unpaired) electrons. The lowest BCUT2D eigenvalue weighted by molar-refractivity contribution is -0.141. The lowest BCUT2D eigenvalue weighted by atomic mass is 10.2. The Labute approximate surface area is 109 Å². The highest BCUT2D eigenvalue weighted by molar-refractivity contribution is 9.10. The van der Waals surface area contributed by atoms with Crippen molar-refractivity contribution < 1.29 is 18.9 Å². The quantitative estimate of drug-likeness (QED) is 0.783. The molecule has 0 aliphatic carbocycles. The third kappa shape index (κ3) is 2.56. The summed E-state index contributed by atoms with van der Waals surface area (Å²) in [4.78, 5) is 0. The molecule has 0 fully saturated rings. The van der Waals surface area contributed by atoms with Crippen LogP contribution in [-0.2, 0) is 9.47 Å². The summed E-state index contributed by atoms with van der Waals surface area (Å²) in [5.41, 5.74) is 0.851. The molecule has 1 heterocycles. The molecule has 0 spiro atoms. The third-order valence-electron chi connectivity index (χ3n) is 2.40. The molecule has 0 bridgehead atoms. The molecule has 1 aromatic rings. The fraction of sp³-hybridized carbons (Fsp3) is 0.500. The maximum atomic E-state index is 5.59. The van der Waals surface area contributed by atoms with E-state index in [2.05, 4.69) is 15.9 Å². The molecule has 0 atom stereocenters. The molecule has 0 unspecified atom stereocenters. The highest BCUT2D eigenvalue weighted by Crippen LogP contribution is 2.43. The Balaban J connectivity index is 2.37. The van der Waals surface area contributed by atoms with Crippen molar-refractivity contribution in [2.45, 2.75) is 20.1 Å². The van der Waals surface area contributed by atoms with Crippen molar-refractivity contribution in [1.82, 2.24) is 0 Å². The van der Waals surface area contributed by atoms with E-state index in [0.717, 1.165) is 15.8 Å². The minimum atomic E-state index is -0.434. The molecular formula is C12H15BrO4. The van der Waals surface area contributed by atoms with Crippen molar-refractivity contribution in [3.8, 4) is 11.5 Å². The monoisotopic (exact) mass is 302 g/mol. The summed E-state index contributed by atoms with van der Waals surface area (Å²) in [7, 11) is 0. The number of rotatable bonds is 5. The summed E-state index contributed by atoms with van der Waals surface area (Å²) in [5.74, 6) is 1.43. The molecule has 1 aromatic carbocycles. The highest BCUT2D eigenvalue weighted by atomic mass is 79.9. The van der Waals surface area contributed by atoms with Gasteiger partial charge < -0.3 is 18.9 Å². The Morgan fingerprint density at radius 2 is 1.94 bits per heavy atom. The van der Waals surface area contributed by atoms with Crippen molar-refractivity contribution in [3.05, 3.63) is 22.2 Å². The Morgan fingerprint density at radius 3 is 2.59 bits per heavy atom. The largest absolute Gasteiger partial charge is 0.454 e. The predicted molar refractivity (Wildman–Crippen MR) is 66.3 cm³/mol. The molecule has 4 nitrogen and oxygen atoms in total. The fourth-order valence-electron chi connectivity index (χ4n) is 1.71. The lowest BCUT2D eigenvalue weighted by Gasteiger charge is -2.19. The number of benzene rings is 1. The summed E-state index contributed by atoms with van der Waals surface area (Å²) in [6.07, 6.45) is -0.434. The van der Waals surface area contributed by atoms with Crippen molar-refractivity contribution in [2.75, 3.05) is 20.0 Å². The highest BCUT2D eigenvalue weighted by Gasteiger charge is 2.26. The van der Waals surface area contributed by atoms with Gasteiger partial charge in [0.25, 0.3) is 0 Å². The molecule has 17 heavy (non-hydrogen) atoms. The van der Waals surface area contributed by atoms with E-state index in [1.165, 1.54) is 0 Å². The van der Waals surface area contributed by atoms with Gasteiger partial charge in [0.05, 0.1) is 5.56 Å². The van der Waals surface area contributed by atoms with Gasteiger partial charge in [-0.25, -0.2) is 0 Å². The van der Waals surface area contributed by atoms with Crippen LogP contribution in [0.4, 0.5) is 0 Å². The van der Waals surface area contributed by atoms with Gasteiger partial charge in [0.2, 0.25) is 6.79 Å². The normalized spacial score (nSPS) is 13.4. The molecule has 1 aliphatic heterocycles. The van der Waals surface area contributed by atoms with Gasteiger partial charge in [-0.05, 0) is 26.0 Å². The second-order valence-corrected chi connectivity index (χ2v) is 4.29. The summed E-state index contributed by atoms with van der Waals surface area (Å²) in [5, 5.41) is 0. The second kappa shape index (κ2) is 5.71. The Kier molecular flexibility index (Phi) is 4.25. The van der Waals surface area contributed by atoms with Crippen LogP contribution in [0.3, 0.4) is 0 Å². The zero-order valence-electron chi connectivity index (χ0n) is 9.86. The van der Waals surface area contributed by atoms with E-state index in [-0.39, 0.29) is 6.79 Å². The van der Waals surface area contributed by atoms with Crippen molar-refractivity contribution in [1.29, 1.82) is 0 Å². The van der Waals surface area contributed by atoms with E-state index >= 15 is 0 Å². The van der Waals surface area contributed by atoms with Crippen LogP contribution in [0, 0.1) is 0 Å². The van der Waals surface area contributed by atoms with E-state index in [9.17, 15) is 0 Å². The molecule has 0 N–H and O–H groups in total.